The lowest BCUT2D eigenvalue weighted by Crippen LogP contribution is -2.33. The van der Waals surface area contributed by atoms with Gasteiger partial charge in [0.25, 0.3) is 0 Å². The molecule has 8 atom stereocenters. The third-order valence-corrected chi connectivity index (χ3v) is 7.61. The summed E-state index contributed by atoms with van der Waals surface area (Å²) in [5.74, 6) is -0.197. The first kappa shape index (κ1) is 26.8. The zero-order chi connectivity index (χ0) is 28.2. The van der Waals surface area contributed by atoms with Crippen molar-refractivity contribution in [1.82, 2.24) is 39.0 Å². The molecule has 2 fully saturated rings. The average Bonchev–Trinajstić information content (AvgIpc) is 3.69. The monoisotopic (exact) mass is 581 g/mol. The van der Waals surface area contributed by atoms with Crippen LogP contribution in [0.4, 0.5) is 5.82 Å². The quantitative estimate of drug-likeness (QED) is 0.127. The van der Waals surface area contributed by atoms with E-state index in [0.717, 1.165) is 6.33 Å². The van der Waals surface area contributed by atoms with Crippen LogP contribution in [0.3, 0.4) is 0 Å². The maximum Gasteiger partial charge on any atom is 0.472 e. The Morgan fingerprint density at radius 2 is 1.55 bits per heavy atom. The molecule has 2 saturated heterocycles. The topological polar surface area (TPSA) is 268 Å². The molecular formula is C20H24N9O10P. The van der Waals surface area contributed by atoms with Crippen LogP contribution in [-0.2, 0) is 23.1 Å². The Labute approximate surface area is 223 Å². The smallest absolute Gasteiger partial charge is 0.472 e. The molecule has 0 aliphatic carbocycles. The largest absolute Gasteiger partial charge is 0.492 e. The summed E-state index contributed by atoms with van der Waals surface area (Å²) in [4.78, 5) is 33.9. The number of nitrogen functional groups attached to an aromatic ring is 1. The number of aromatic nitrogens is 8. The van der Waals surface area contributed by atoms with E-state index in [1.54, 1.807) is 4.57 Å². The summed E-state index contributed by atoms with van der Waals surface area (Å²) in [6.45, 7) is -1.13. The van der Waals surface area contributed by atoms with Crippen LogP contribution in [0.15, 0.2) is 25.3 Å². The van der Waals surface area contributed by atoms with Crippen molar-refractivity contribution in [2.24, 2.45) is 0 Å². The fourth-order valence-electron chi connectivity index (χ4n) is 4.61. The van der Waals surface area contributed by atoms with Gasteiger partial charge < -0.3 is 40.5 Å². The number of fused-ring (bicyclic) bond motifs is 2. The molecule has 0 saturated carbocycles. The normalized spacial score (nSPS) is 30.4. The van der Waals surface area contributed by atoms with Crippen LogP contribution in [0, 0.1) is 0 Å². The van der Waals surface area contributed by atoms with Crippen molar-refractivity contribution < 1.29 is 48.4 Å². The average molecular weight is 581 g/mol. The molecule has 6 heterocycles. The van der Waals surface area contributed by atoms with E-state index in [2.05, 4.69) is 29.9 Å². The first-order valence-electron chi connectivity index (χ1n) is 11.9. The number of rotatable bonds is 8. The van der Waals surface area contributed by atoms with Gasteiger partial charge in [-0.3, -0.25) is 18.2 Å². The first-order chi connectivity index (χ1) is 19.1. The number of nitrogens with two attached hydrogens (primary N) is 1. The Bertz CT molecular complexity index is 1580. The van der Waals surface area contributed by atoms with E-state index < -0.39 is 64.0 Å². The number of hydrogen-bond acceptors (Lipinski definition) is 16. The van der Waals surface area contributed by atoms with Gasteiger partial charge >= 0.3 is 7.82 Å². The van der Waals surface area contributed by atoms with Gasteiger partial charge in [-0.15, -0.1) is 0 Å². The second-order valence-corrected chi connectivity index (χ2v) is 10.6. The van der Waals surface area contributed by atoms with E-state index in [9.17, 15) is 29.9 Å². The lowest BCUT2D eigenvalue weighted by Gasteiger charge is -2.20. The Kier molecular flexibility index (Phi) is 6.85. The maximum atomic E-state index is 12.5. The van der Waals surface area contributed by atoms with Crippen LogP contribution in [0.25, 0.3) is 22.3 Å². The Morgan fingerprint density at radius 3 is 2.33 bits per heavy atom. The fourth-order valence-corrected chi connectivity index (χ4v) is 5.36. The summed E-state index contributed by atoms with van der Waals surface area (Å²) < 4.78 is 36.8. The third kappa shape index (κ3) is 4.76. The summed E-state index contributed by atoms with van der Waals surface area (Å²) in [5, 5.41) is 41.2. The van der Waals surface area contributed by atoms with Crippen molar-refractivity contribution in [3.05, 3.63) is 25.3 Å². The second-order valence-electron chi connectivity index (χ2n) is 9.14. The van der Waals surface area contributed by atoms with Crippen LogP contribution >= 0.6 is 7.82 Å². The van der Waals surface area contributed by atoms with Gasteiger partial charge in [0.2, 0.25) is 5.88 Å². The molecule has 2 aliphatic rings. The minimum absolute atomic E-state index is 0.0536. The highest BCUT2D eigenvalue weighted by molar-refractivity contribution is 7.47. The second kappa shape index (κ2) is 10.2. The number of aliphatic hydroxyl groups excluding tert-OH is 3. The summed E-state index contributed by atoms with van der Waals surface area (Å²) in [6, 6.07) is 0. The summed E-state index contributed by atoms with van der Waals surface area (Å²) in [7, 11) is -4.71. The number of aliphatic hydroxyl groups is 3. The third-order valence-electron chi connectivity index (χ3n) is 6.66. The molecular weight excluding hydrogens is 557 g/mol. The van der Waals surface area contributed by atoms with E-state index in [1.165, 1.54) is 23.5 Å². The molecule has 6 rings (SSSR count). The van der Waals surface area contributed by atoms with Crippen molar-refractivity contribution in [3.63, 3.8) is 0 Å². The van der Waals surface area contributed by atoms with E-state index in [1.807, 2.05) is 0 Å². The Hall–Kier alpha value is -3.39. The predicted octanol–water partition coefficient (Wildman–Crippen LogP) is -1.64. The highest BCUT2D eigenvalue weighted by Crippen LogP contribution is 2.45. The molecule has 4 aromatic heterocycles. The van der Waals surface area contributed by atoms with Gasteiger partial charge in [-0.25, -0.2) is 29.5 Å². The zero-order valence-corrected chi connectivity index (χ0v) is 21.2. The van der Waals surface area contributed by atoms with E-state index in [4.69, 9.17) is 24.3 Å². The van der Waals surface area contributed by atoms with Gasteiger partial charge in [0, 0.05) is 6.42 Å². The zero-order valence-electron chi connectivity index (χ0n) is 20.4. The number of hydrogen-bond donors (Lipinski definition) is 6. The summed E-state index contributed by atoms with van der Waals surface area (Å²) in [6.07, 6.45) is -3.02. The van der Waals surface area contributed by atoms with Gasteiger partial charge in [0.1, 0.15) is 48.8 Å². The van der Waals surface area contributed by atoms with Gasteiger partial charge in [-0.05, 0) is 0 Å². The van der Waals surface area contributed by atoms with Crippen LogP contribution in [0.1, 0.15) is 18.9 Å². The Balaban J connectivity index is 1.05. The number of anilines is 1. The number of phosphoric ester groups is 1. The highest BCUT2D eigenvalue weighted by Gasteiger charge is 2.46. The molecule has 7 N–H and O–H groups in total. The van der Waals surface area contributed by atoms with Crippen LogP contribution in [0.5, 0.6) is 5.88 Å². The Morgan fingerprint density at radius 1 is 0.900 bits per heavy atom. The predicted molar refractivity (Wildman–Crippen MR) is 129 cm³/mol. The van der Waals surface area contributed by atoms with Crippen molar-refractivity contribution >= 4 is 36.0 Å². The number of aromatic hydroxyl groups is 1. The van der Waals surface area contributed by atoms with Gasteiger partial charge in [-0.2, -0.15) is 4.98 Å². The number of nitrogens with zero attached hydrogens (tertiary/aromatic N) is 8. The molecule has 2 unspecified atom stereocenters. The lowest BCUT2D eigenvalue weighted by molar-refractivity contribution is -0.0589. The standard InChI is InChI=1S/C20H24N9O10P/c21-16-12-17(23-4-22-16)28(6-26-12)11-1-8(30)9(38-11)2-36-40(34,35)37-3-10-14(31)15(32)20(39-10)29-7-27-13-18(29)24-5-25-19(13)33/h4-11,14-15,20,30-32H,1-3H2,(H,34,35)(H2,21,22,23)(H,24,25,33)/t8?,9-,10-,11-,14-,15-,20-/m1/s1. The SMILES string of the molecule is Nc1ncnc2c1ncn2[C@H]1CC(O)[C@@H](COP(=O)(O)OC[C@H]2O[C@@H](n3cnc4c(O)ncnc43)[C@H](O)[C@@H]2O)O1. The molecule has 20 heteroatoms. The van der Waals surface area contributed by atoms with Crippen molar-refractivity contribution in [2.45, 2.75) is 49.4 Å². The summed E-state index contributed by atoms with van der Waals surface area (Å²) >= 11 is 0. The van der Waals surface area contributed by atoms with Crippen LogP contribution in [0.2, 0.25) is 0 Å². The fraction of sp³-hybridized carbons (Fsp3) is 0.500. The van der Waals surface area contributed by atoms with Gasteiger partial charge in [0.15, 0.2) is 28.9 Å². The molecule has 0 amide bonds. The molecule has 0 spiro atoms. The number of phosphoric acid groups is 1. The number of ether oxygens (including phenoxy) is 2. The van der Waals surface area contributed by atoms with Gasteiger partial charge in [0.05, 0.1) is 32.0 Å². The molecule has 0 radical (unpaired) electrons. The molecule has 2 aliphatic heterocycles. The van der Waals surface area contributed by atoms with Crippen molar-refractivity contribution in [3.8, 4) is 5.88 Å². The molecule has 4 aromatic rings. The minimum Gasteiger partial charge on any atom is -0.492 e. The molecule has 214 valence electrons. The molecule has 19 nitrogen and oxygen atoms in total. The maximum absolute atomic E-state index is 12.5. The molecule has 0 aromatic carbocycles. The number of imidazole rings is 2. The lowest BCUT2D eigenvalue weighted by atomic mass is 10.1. The highest BCUT2D eigenvalue weighted by atomic mass is 31.2. The minimum atomic E-state index is -4.71. The van der Waals surface area contributed by atoms with Gasteiger partial charge in [-0.1, -0.05) is 0 Å². The molecule has 40 heavy (non-hydrogen) atoms. The van der Waals surface area contributed by atoms with Crippen molar-refractivity contribution in [1.29, 1.82) is 0 Å². The van der Waals surface area contributed by atoms with E-state index >= 15 is 0 Å². The molecule has 0 bridgehead atoms. The van der Waals surface area contributed by atoms with E-state index in [-0.39, 0.29) is 29.3 Å². The van der Waals surface area contributed by atoms with Crippen LogP contribution < -0.4 is 5.73 Å². The van der Waals surface area contributed by atoms with Crippen LogP contribution in [-0.4, -0.2) is 108 Å². The first-order valence-corrected chi connectivity index (χ1v) is 13.4. The van der Waals surface area contributed by atoms with E-state index in [0.29, 0.717) is 11.2 Å². The summed E-state index contributed by atoms with van der Waals surface area (Å²) in [5.41, 5.74) is 6.75. The van der Waals surface area contributed by atoms with Crippen molar-refractivity contribution in [2.75, 3.05) is 18.9 Å².